The van der Waals surface area contributed by atoms with Gasteiger partial charge in [-0.2, -0.15) is 0 Å². The maximum atomic E-state index is 12.0. The van der Waals surface area contributed by atoms with Crippen molar-refractivity contribution in [2.24, 2.45) is 5.92 Å². The Balaban J connectivity index is 2.66. The molecule has 0 fully saturated rings. The molecule has 5 heteroatoms. The van der Waals surface area contributed by atoms with E-state index >= 15 is 0 Å². The molecule has 1 atom stereocenters. The topological polar surface area (TPSA) is 63.2 Å². The second-order valence-electron chi connectivity index (χ2n) is 4.39. The highest BCUT2D eigenvalue weighted by Gasteiger charge is 2.12. The summed E-state index contributed by atoms with van der Waals surface area (Å²) in [6.07, 6.45) is 1.59. The number of rotatable bonds is 6. The highest BCUT2D eigenvalue weighted by Crippen LogP contribution is 2.14. The van der Waals surface area contributed by atoms with Crippen LogP contribution in [0.1, 0.15) is 23.0 Å². The Bertz CT molecular complexity index is 407. The van der Waals surface area contributed by atoms with Gasteiger partial charge in [-0.15, -0.1) is 0 Å². The van der Waals surface area contributed by atoms with Gasteiger partial charge >= 0.3 is 0 Å². The van der Waals surface area contributed by atoms with Crippen molar-refractivity contribution in [3.05, 3.63) is 23.5 Å². The molecule has 0 bridgehead atoms. The van der Waals surface area contributed by atoms with Crippen molar-refractivity contribution in [3.8, 4) is 0 Å². The smallest absolute Gasteiger partial charge is 0.254 e. The van der Waals surface area contributed by atoms with Gasteiger partial charge < -0.3 is 15.4 Å². The number of pyridine rings is 1. The summed E-state index contributed by atoms with van der Waals surface area (Å²) in [5.41, 5.74) is 2.23. The number of aromatic nitrogens is 1. The Morgan fingerprint density at radius 1 is 1.56 bits per heavy atom. The summed E-state index contributed by atoms with van der Waals surface area (Å²) in [5, 5.41) is 5.88. The molecule has 100 valence electrons. The van der Waals surface area contributed by atoms with Crippen molar-refractivity contribution in [1.82, 2.24) is 10.3 Å². The van der Waals surface area contributed by atoms with Crippen molar-refractivity contribution >= 4 is 11.6 Å². The summed E-state index contributed by atoms with van der Waals surface area (Å²) >= 11 is 0. The predicted octanol–water partition coefficient (Wildman–Crippen LogP) is 1.44. The average Bonchev–Trinajstić information content (AvgIpc) is 2.36. The molecular formula is C13H21N3O2. The van der Waals surface area contributed by atoms with Gasteiger partial charge in [0.1, 0.15) is 0 Å². The molecule has 0 aliphatic heterocycles. The van der Waals surface area contributed by atoms with Crippen LogP contribution in [0.25, 0.3) is 0 Å². The van der Waals surface area contributed by atoms with E-state index in [1.54, 1.807) is 20.4 Å². The lowest BCUT2D eigenvalue weighted by Crippen LogP contribution is -2.30. The van der Waals surface area contributed by atoms with Gasteiger partial charge in [-0.3, -0.25) is 9.78 Å². The second kappa shape index (κ2) is 6.96. The third-order valence-corrected chi connectivity index (χ3v) is 2.62. The van der Waals surface area contributed by atoms with Crippen LogP contribution < -0.4 is 10.6 Å². The maximum absolute atomic E-state index is 12.0. The number of anilines is 1. The first-order valence-corrected chi connectivity index (χ1v) is 6.00. The van der Waals surface area contributed by atoms with Gasteiger partial charge in [-0.05, 0) is 18.9 Å². The van der Waals surface area contributed by atoms with E-state index in [1.807, 2.05) is 19.9 Å². The number of carbonyl (C=O) groups excluding carboxylic acids is 1. The fourth-order valence-corrected chi connectivity index (χ4v) is 1.65. The third kappa shape index (κ3) is 4.00. The van der Waals surface area contributed by atoms with Crippen molar-refractivity contribution in [2.45, 2.75) is 13.8 Å². The zero-order valence-corrected chi connectivity index (χ0v) is 11.4. The van der Waals surface area contributed by atoms with Crippen molar-refractivity contribution in [2.75, 3.05) is 32.6 Å². The lowest BCUT2D eigenvalue weighted by molar-refractivity contribution is 0.0934. The molecule has 1 rings (SSSR count). The molecule has 1 unspecified atom stereocenters. The molecule has 2 N–H and O–H groups in total. The van der Waals surface area contributed by atoms with Gasteiger partial charge in [0.2, 0.25) is 0 Å². The van der Waals surface area contributed by atoms with E-state index in [0.717, 1.165) is 11.4 Å². The minimum atomic E-state index is -0.116. The van der Waals surface area contributed by atoms with Gasteiger partial charge in [0.05, 0.1) is 17.9 Å². The molecule has 1 amide bonds. The number of amides is 1. The number of aryl methyl sites for hydroxylation is 1. The zero-order valence-electron chi connectivity index (χ0n) is 11.4. The standard InChI is InChI=1S/C13H21N3O2/c1-9(8-18-4)6-16-13(17)11-7-15-10(2)5-12(11)14-3/h5,7,9H,6,8H2,1-4H3,(H,14,15)(H,16,17). The van der Waals surface area contributed by atoms with Gasteiger partial charge in [0.25, 0.3) is 5.91 Å². The monoisotopic (exact) mass is 251 g/mol. The first-order chi connectivity index (χ1) is 8.58. The Kier molecular flexibility index (Phi) is 5.58. The number of nitrogens with one attached hydrogen (secondary N) is 2. The third-order valence-electron chi connectivity index (χ3n) is 2.62. The highest BCUT2D eigenvalue weighted by atomic mass is 16.5. The molecule has 0 radical (unpaired) electrons. The molecule has 1 aromatic rings. The molecule has 0 aromatic carbocycles. The van der Waals surface area contributed by atoms with Gasteiger partial charge in [0.15, 0.2) is 0 Å². The quantitative estimate of drug-likeness (QED) is 0.803. The van der Waals surface area contributed by atoms with Gasteiger partial charge in [0, 0.05) is 32.6 Å². The summed E-state index contributed by atoms with van der Waals surface area (Å²) in [5.74, 6) is 0.171. The van der Waals surface area contributed by atoms with E-state index in [0.29, 0.717) is 18.7 Å². The molecule has 0 saturated heterocycles. The van der Waals surface area contributed by atoms with Crippen LogP contribution in [0.3, 0.4) is 0 Å². The highest BCUT2D eigenvalue weighted by molar-refractivity contribution is 5.99. The Morgan fingerprint density at radius 2 is 2.28 bits per heavy atom. The van der Waals surface area contributed by atoms with Crippen molar-refractivity contribution in [3.63, 3.8) is 0 Å². The minimum Gasteiger partial charge on any atom is -0.387 e. The van der Waals surface area contributed by atoms with Crippen LogP contribution in [0.4, 0.5) is 5.69 Å². The first-order valence-electron chi connectivity index (χ1n) is 6.00. The lowest BCUT2D eigenvalue weighted by atomic mass is 10.1. The van der Waals surface area contributed by atoms with Crippen LogP contribution >= 0.6 is 0 Å². The fraction of sp³-hybridized carbons (Fsp3) is 0.538. The maximum Gasteiger partial charge on any atom is 0.254 e. The molecule has 18 heavy (non-hydrogen) atoms. The minimum absolute atomic E-state index is 0.116. The lowest BCUT2D eigenvalue weighted by Gasteiger charge is -2.13. The molecule has 1 aromatic heterocycles. The number of hydrogen-bond acceptors (Lipinski definition) is 4. The summed E-state index contributed by atoms with van der Waals surface area (Å²) < 4.78 is 5.03. The van der Waals surface area contributed by atoms with Crippen LogP contribution in [-0.4, -0.2) is 38.2 Å². The Labute approximate surface area is 108 Å². The summed E-state index contributed by atoms with van der Waals surface area (Å²) in [6.45, 7) is 5.13. The van der Waals surface area contributed by atoms with E-state index in [9.17, 15) is 4.79 Å². The van der Waals surface area contributed by atoms with Crippen LogP contribution in [0.15, 0.2) is 12.3 Å². The number of nitrogens with zero attached hydrogens (tertiary/aromatic N) is 1. The van der Waals surface area contributed by atoms with Crippen LogP contribution in [0.5, 0.6) is 0 Å². The van der Waals surface area contributed by atoms with E-state index in [4.69, 9.17) is 4.74 Å². The van der Waals surface area contributed by atoms with Crippen molar-refractivity contribution < 1.29 is 9.53 Å². The SMILES string of the molecule is CNc1cc(C)ncc1C(=O)NCC(C)COC. The number of ether oxygens (including phenoxy) is 1. The molecule has 1 heterocycles. The van der Waals surface area contributed by atoms with Crippen molar-refractivity contribution in [1.29, 1.82) is 0 Å². The van der Waals surface area contributed by atoms with E-state index in [2.05, 4.69) is 15.6 Å². The summed E-state index contributed by atoms with van der Waals surface area (Å²) in [4.78, 5) is 16.2. The first kappa shape index (κ1) is 14.4. The second-order valence-corrected chi connectivity index (χ2v) is 4.39. The average molecular weight is 251 g/mol. The van der Waals surface area contributed by atoms with Crippen LogP contribution in [0, 0.1) is 12.8 Å². The van der Waals surface area contributed by atoms with Gasteiger partial charge in [-0.1, -0.05) is 6.92 Å². The molecule has 0 aliphatic carbocycles. The largest absolute Gasteiger partial charge is 0.387 e. The normalized spacial score (nSPS) is 12.0. The van der Waals surface area contributed by atoms with E-state index in [-0.39, 0.29) is 11.8 Å². The Morgan fingerprint density at radius 3 is 2.89 bits per heavy atom. The van der Waals surface area contributed by atoms with Gasteiger partial charge in [-0.25, -0.2) is 0 Å². The zero-order chi connectivity index (χ0) is 13.5. The number of hydrogen-bond donors (Lipinski definition) is 2. The number of methoxy groups -OCH3 is 1. The summed E-state index contributed by atoms with van der Waals surface area (Å²) in [6, 6.07) is 1.85. The Hall–Kier alpha value is -1.62. The summed E-state index contributed by atoms with van der Waals surface area (Å²) in [7, 11) is 3.44. The number of carbonyl (C=O) groups is 1. The molecule has 0 spiro atoms. The molecule has 0 aliphatic rings. The fourth-order valence-electron chi connectivity index (χ4n) is 1.65. The predicted molar refractivity (Wildman–Crippen MR) is 71.9 cm³/mol. The van der Waals surface area contributed by atoms with E-state index < -0.39 is 0 Å². The van der Waals surface area contributed by atoms with E-state index in [1.165, 1.54) is 0 Å². The van der Waals surface area contributed by atoms with Crippen LogP contribution in [-0.2, 0) is 4.74 Å². The molecular weight excluding hydrogens is 230 g/mol. The van der Waals surface area contributed by atoms with Crippen LogP contribution in [0.2, 0.25) is 0 Å². The molecule has 0 saturated carbocycles. The molecule has 5 nitrogen and oxygen atoms in total.